The molecule has 2 aliphatic rings. The van der Waals surface area contributed by atoms with Crippen LogP contribution in [-0.4, -0.2) is 62.0 Å². The number of aliphatic hydroxyl groups is 1. The molecule has 1 amide bonds. The van der Waals surface area contributed by atoms with Crippen LogP contribution < -0.4 is 14.5 Å². The molecule has 1 unspecified atom stereocenters. The number of rotatable bonds is 5. The molecule has 3 aromatic rings. The molecule has 39 heavy (non-hydrogen) atoms. The lowest BCUT2D eigenvalue weighted by molar-refractivity contribution is -0.132. The lowest BCUT2D eigenvalue weighted by Crippen LogP contribution is -2.44. The predicted octanol–water partition coefficient (Wildman–Crippen LogP) is 5.00. The number of nitrogens with zero attached hydrogens (tertiary/aromatic N) is 3. The molecule has 3 aromatic carbocycles. The van der Waals surface area contributed by atoms with Crippen molar-refractivity contribution in [3.8, 4) is 5.75 Å². The Bertz CT molecular complexity index is 1450. The van der Waals surface area contributed by atoms with E-state index in [0.717, 1.165) is 54.1 Å². The number of hydrogen-bond donors (Lipinski definition) is 1. The van der Waals surface area contributed by atoms with Crippen molar-refractivity contribution in [3.05, 3.63) is 94.1 Å². The number of amides is 1. The minimum Gasteiger partial charge on any atom is -0.507 e. The number of likely N-dealkylation sites (N-methyl/N-ethyl adjacent to an activating group) is 1. The van der Waals surface area contributed by atoms with Crippen LogP contribution >= 0.6 is 0 Å². The molecular formula is C32H35N3O4. The van der Waals surface area contributed by atoms with Gasteiger partial charge in [-0.15, -0.1) is 0 Å². The monoisotopic (exact) mass is 525 g/mol. The van der Waals surface area contributed by atoms with Gasteiger partial charge in [0.25, 0.3) is 11.7 Å². The van der Waals surface area contributed by atoms with E-state index >= 15 is 0 Å². The van der Waals surface area contributed by atoms with Gasteiger partial charge in [0.2, 0.25) is 0 Å². The number of carbonyl (C=O) groups is 2. The summed E-state index contributed by atoms with van der Waals surface area (Å²) < 4.78 is 5.43. The molecule has 7 nitrogen and oxygen atoms in total. The maximum Gasteiger partial charge on any atom is 0.300 e. The number of anilines is 2. The highest BCUT2D eigenvalue weighted by Gasteiger charge is 2.47. The van der Waals surface area contributed by atoms with Gasteiger partial charge in [-0.2, -0.15) is 0 Å². The lowest BCUT2D eigenvalue weighted by Gasteiger charge is -2.34. The Morgan fingerprint density at radius 2 is 1.54 bits per heavy atom. The van der Waals surface area contributed by atoms with Gasteiger partial charge < -0.3 is 19.6 Å². The second-order valence-corrected chi connectivity index (χ2v) is 10.5. The average Bonchev–Trinajstić information content (AvgIpc) is 3.20. The van der Waals surface area contributed by atoms with Gasteiger partial charge in [-0.1, -0.05) is 29.8 Å². The van der Waals surface area contributed by atoms with Crippen LogP contribution in [0.2, 0.25) is 0 Å². The quantitative estimate of drug-likeness (QED) is 0.287. The number of carbonyl (C=O) groups excluding carboxylic acids is 2. The van der Waals surface area contributed by atoms with Crippen molar-refractivity contribution in [3.63, 3.8) is 0 Å². The summed E-state index contributed by atoms with van der Waals surface area (Å²) in [6.45, 7) is 9.56. The fraction of sp³-hybridized carbons (Fsp3) is 0.312. The van der Waals surface area contributed by atoms with Crippen LogP contribution in [0.5, 0.6) is 5.75 Å². The Morgan fingerprint density at radius 3 is 2.18 bits per heavy atom. The molecule has 0 bridgehead atoms. The van der Waals surface area contributed by atoms with E-state index < -0.39 is 17.7 Å². The molecule has 5 rings (SSSR count). The summed E-state index contributed by atoms with van der Waals surface area (Å²) in [5.41, 5.74) is 5.63. The SMILES string of the molecule is COc1cc(C)c(/C(O)=C2\C(=O)C(=O)N(c3ccc(N4CCN(C)CC4)cc3)C2c2cccc(C)c2)cc1C. The van der Waals surface area contributed by atoms with Gasteiger partial charge in [-0.25, -0.2) is 0 Å². The summed E-state index contributed by atoms with van der Waals surface area (Å²) in [6, 6.07) is 18.4. The van der Waals surface area contributed by atoms with Crippen LogP contribution in [0.15, 0.2) is 66.2 Å². The van der Waals surface area contributed by atoms with E-state index in [9.17, 15) is 14.7 Å². The zero-order valence-electron chi connectivity index (χ0n) is 23.2. The van der Waals surface area contributed by atoms with Gasteiger partial charge in [-0.3, -0.25) is 14.5 Å². The zero-order chi connectivity index (χ0) is 27.8. The first-order chi connectivity index (χ1) is 18.7. The maximum absolute atomic E-state index is 13.6. The number of piperazine rings is 1. The normalized spacial score (nSPS) is 19.6. The highest BCUT2D eigenvalue weighted by Crippen LogP contribution is 2.43. The number of ether oxygens (including phenoxy) is 1. The van der Waals surface area contributed by atoms with E-state index in [1.807, 2.05) is 75.4 Å². The van der Waals surface area contributed by atoms with E-state index in [2.05, 4.69) is 16.8 Å². The summed E-state index contributed by atoms with van der Waals surface area (Å²) in [5, 5.41) is 11.6. The molecule has 2 aliphatic heterocycles. The molecule has 0 spiro atoms. The first-order valence-corrected chi connectivity index (χ1v) is 13.3. The zero-order valence-corrected chi connectivity index (χ0v) is 23.2. The van der Waals surface area contributed by atoms with Gasteiger partial charge >= 0.3 is 0 Å². The van der Waals surface area contributed by atoms with E-state index in [-0.39, 0.29) is 11.3 Å². The molecule has 7 heteroatoms. The number of ketones is 1. The topological polar surface area (TPSA) is 73.3 Å². The Kier molecular flexibility index (Phi) is 7.19. The minimum atomic E-state index is -0.763. The van der Waals surface area contributed by atoms with E-state index in [1.54, 1.807) is 13.2 Å². The number of methoxy groups -OCH3 is 1. The molecular weight excluding hydrogens is 490 g/mol. The van der Waals surface area contributed by atoms with E-state index in [4.69, 9.17) is 4.74 Å². The highest BCUT2D eigenvalue weighted by atomic mass is 16.5. The van der Waals surface area contributed by atoms with Gasteiger partial charge in [0.1, 0.15) is 11.5 Å². The van der Waals surface area contributed by atoms with Crippen molar-refractivity contribution < 1.29 is 19.4 Å². The smallest absolute Gasteiger partial charge is 0.300 e. The van der Waals surface area contributed by atoms with Crippen LogP contribution in [0, 0.1) is 20.8 Å². The Balaban J connectivity index is 1.61. The Hall–Kier alpha value is -4.10. The van der Waals surface area contributed by atoms with Crippen molar-refractivity contribution in [1.82, 2.24) is 4.90 Å². The van der Waals surface area contributed by atoms with Crippen molar-refractivity contribution in [2.75, 3.05) is 50.1 Å². The number of aliphatic hydroxyl groups excluding tert-OH is 1. The predicted molar refractivity (Wildman–Crippen MR) is 155 cm³/mol. The van der Waals surface area contributed by atoms with Gasteiger partial charge in [0.15, 0.2) is 0 Å². The average molecular weight is 526 g/mol. The third-order valence-corrected chi connectivity index (χ3v) is 7.80. The van der Waals surface area contributed by atoms with Crippen molar-refractivity contribution in [2.24, 2.45) is 0 Å². The largest absolute Gasteiger partial charge is 0.507 e. The summed E-state index contributed by atoms with van der Waals surface area (Å²) in [7, 11) is 3.72. The molecule has 1 N–H and O–H groups in total. The van der Waals surface area contributed by atoms with E-state index in [0.29, 0.717) is 17.0 Å². The highest BCUT2D eigenvalue weighted by molar-refractivity contribution is 6.51. The molecule has 2 saturated heterocycles. The van der Waals surface area contributed by atoms with Crippen LogP contribution in [-0.2, 0) is 9.59 Å². The molecule has 0 radical (unpaired) electrons. The molecule has 202 valence electrons. The summed E-state index contributed by atoms with van der Waals surface area (Å²) in [4.78, 5) is 33.3. The Labute approximate surface area is 229 Å². The number of Topliss-reactive ketones (excluding diaryl/α,β-unsaturated/α-hetero) is 1. The molecule has 0 aliphatic carbocycles. The molecule has 2 heterocycles. The lowest BCUT2D eigenvalue weighted by atomic mass is 9.92. The molecule has 1 atom stereocenters. The third kappa shape index (κ3) is 4.90. The van der Waals surface area contributed by atoms with E-state index in [1.165, 1.54) is 4.90 Å². The van der Waals surface area contributed by atoms with Crippen molar-refractivity contribution >= 4 is 28.8 Å². The van der Waals surface area contributed by atoms with Gasteiger partial charge in [0.05, 0.1) is 18.7 Å². The Morgan fingerprint density at radius 1 is 0.872 bits per heavy atom. The number of benzene rings is 3. The van der Waals surface area contributed by atoms with Crippen molar-refractivity contribution in [2.45, 2.75) is 26.8 Å². The van der Waals surface area contributed by atoms with Crippen molar-refractivity contribution in [1.29, 1.82) is 0 Å². The minimum absolute atomic E-state index is 0.0846. The molecule has 0 saturated carbocycles. The van der Waals surface area contributed by atoms with Crippen LogP contribution in [0.4, 0.5) is 11.4 Å². The summed E-state index contributed by atoms with van der Waals surface area (Å²) in [5.74, 6) is -0.840. The standard InChI is InChI=1S/C32H35N3O4/c1-20-7-6-8-23(17-20)29-28(30(36)26-18-22(3)27(39-5)19-21(26)2)31(37)32(38)35(29)25-11-9-24(10-12-25)34-15-13-33(4)14-16-34/h6-12,17-19,29,36H,13-16H2,1-5H3/b30-28+. The van der Waals surface area contributed by atoms with Crippen LogP contribution in [0.3, 0.4) is 0 Å². The summed E-state index contributed by atoms with van der Waals surface area (Å²) in [6.07, 6.45) is 0. The van der Waals surface area contributed by atoms with Crippen LogP contribution in [0.1, 0.15) is 33.9 Å². The molecule has 0 aromatic heterocycles. The first kappa shape index (κ1) is 26.5. The van der Waals surface area contributed by atoms with Crippen LogP contribution in [0.25, 0.3) is 5.76 Å². The summed E-state index contributed by atoms with van der Waals surface area (Å²) >= 11 is 0. The fourth-order valence-electron chi connectivity index (χ4n) is 5.55. The first-order valence-electron chi connectivity index (χ1n) is 13.3. The van der Waals surface area contributed by atoms with Gasteiger partial charge in [-0.05, 0) is 80.9 Å². The number of aryl methyl sites for hydroxylation is 3. The molecule has 2 fully saturated rings. The fourth-order valence-corrected chi connectivity index (χ4v) is 5.55. The number of hydrogen-bond acceptors (Lipinski definition) is 6. The third-order valence-electron chi connectivity index (χ3n) is 7.80. The maximum atomic E-state index is 13.6. The second kappa shape index (κ2) is 10.6. The second-order valence-electron chi connectivity index (χ2n) is 10.5. The van der Waals surface area contributed by atoms with Gasteiger partial charge in [0, 0.05) is 43.1 Å².